The summed E-state index contributed by atoms with van der Waals surface area (Å²) in [5, 5.41) is 37.9. The van der Waals surface area contributed by atoms with Crippen molar-refractivity contribution in [2.75, 3.05) is 13.7 Å². The summed E-state index contributed by atoms with van der Waals surface area (Å²) in [5.41, 5.74) is -1.01. The number of carbonyl (C=O) groups excluding carboxylic acids is 1. The van der Waals surface area contributed by atoms with E-state index in [0.717, 1.165) is 12.1 Å². The van der Waals surface area contributed by atoms with Crippen molar-refractivity contribution >= 4 is 22.9 Å². The Labute approximate surface area is 274 Å². The van der Waals surface area contributed by atoms with Crippen LogP contribution in [0.2, 0.25) is 0 Å². The standard InChI is InChI=1S/C33H26F3N5O8/c1-14-25(42)23(19-10-9-18-29(37-19)40(11-12-47-4)31(46)38-30(18)45)27-24(26(14)43)32(3)21(48-27)13-20-22(28(32)44)15(2)39-41(20)16-5-7-17(8-6-16)49-33(34,35)36/h5-10,13,42-43H,11-12H2,1-4H3,(H,38,45,46)/t32-/m0/s1. The predicted molar refractivity (Wildman–Crippen MR) is 166 cm³/mol. The van der Waals surface area contributed by atoms with Crippen LogP contribution >= 0.6 is 0 Å². The van der Waals surface area contributed by atoms with Crippen LogP contribution < -0.4 is 15.2 Å². The molecule has 1 aliphatic carbocycles. The predicted octanol–water partition coefficient (Wildman–Crippen LogP) is 4.81. The van der Waals surface area contributed by atoms with Crippen LogP contribution in [0, 0.1) is 13.8 Å². The number of pyridine rings is 1. The van der Waals surface area contributed by atoms with Crippen LogP contribution in [0.15, 0.2) is 47.0 Å². The first-order valence-electron chi connectivity index (χ1n) is 14.7. The van der Waals surface area contributed by atoms with Crippen LogP contribution in [0.1, 0.15) is 39.8 Å². The van der Waals surface area contributed by atoms with Crippen LogP contribution in [-0.4, -0.2) is 65.5 Å². The fourth-order valence-electron chi connectivity index (χ4n) is 6.34. The summed E-state index contributed by atoms with van der Waals surface area (Å²) in [7, 11) is 1.45. The first-order valence-corrected chi connectivity index (χ1v) is 14.7. The van der Waals surface area contributed by atoms with E-state index in [1.54, 1.807) is 19.9 Å². The number of fused-ring (bicyclic) bond motifs is 5. The largest absolute Gasteiger partial charge is 0.573 e. The van der Waals surface area contributed by atoms with Gasteiger partial charge < -0.3 is 29.5 Å². The smallest absolute Gasteiger partial charge is 0.507 e. The van der Waals surface area contributed by atoms with Gasteiger partial charge in [0.15, 0.2) is 5.78 Å². The highest BCUT2D eigenvalue weighted by Crippen LogP contribution is 2.60. The average molecular weight is 678 g/mol. The molecule has 0 radical (unpaired) electrons. The summed E-state index contributed by atoms with van der Waals surface area (Å²) in [5.74, 6) is -2.23. The third kappa shape index (κ3) is 4.69. The molecule has 0 saturated heterocycles. The number of aromatic hydroxyl groups is 3. The molecule has 1 atom stereocenters. The summed E-state index contributed by atoms with van der Waals surface area (Å²) >= 11 is 0. The minimum absolute atomic E-state index is 0.0150. The van der Waals surface area contributed by atoms with Crippen molar-refractivity contribution in [3.63, 3.8) is 0 Å². The molecule has 16 heteroatoms. The maximum Gasteiger partial charge on any atom is 0.573 e. The Morgan fingerprint density at radius 2 is 1.69 bits per heavy atom. The second-order valence-corrected chi connectivity index (χ2v) is 11.7. The van der Waals surface area contributed by atoms with Crippen molar-refractivity contribution in [2.24, 2.45) is 0 Å². The number of aromatic nitrogens is 5. The van der Waals surface area contributed by atoms with Crippen LogP contribution in [0.4, 0.5) is 13.2 Å². The van der Waals surface area contributed by atoms with Gasteiger partial charge in [0, 0.05) is 18.7 Å². The molecule has 0 unspecified atom stereocenters. The highest BCUT2D eigenvalue weighted by Gasteiger charge is 2.55. The second kappa shape index (κ2) is 10.8. The molecule has 4 heterocycles. The van der Waals surface area contributed by atoms with E-state index in [1.807, 2.05) is 0 Å². The van der Waals surface area contributed by atoms with E-state index in [2.05, 4.69) is 19.8 Å². The lowest BCUT2D eigenvalue weighted by Gasteiger charge is -2.27. The third-order valence-electron chi connectivity index (χ3n) is 8.78. The molecule has 0 fully saturated rings. The number of ketones is 1. The highest BCUT2D eigenvalue weighted by atomic mass is 19.4. The van der Waals surface area contributed by atoms with Gasteiger partial charge in [-0.3, -0.25) is 9.36 Å². The molecule has 3 N–H and O–H groups in total. The van der Waals surface area contributed by atoms with Crippen molar-refractivity contribution in [2.45, 2.75) is 39.1 Å². The number of hydrogen-bond acceptors (Lipinski definition) is 11. The van der Waals surface area contributed by atoms with E-state index in [-0.39, 0.29) is 75.1 Å². The minimum atomic E-state index is -4.87. The lowest BCUT2D eigenvalue weighted by Crippen LogP contribution is -2.36. The van der Waals surface area contributed by atoms with Gasteiger partial charge in [0.2, 0.25) is 5.88 Å². The van der Waals surface area contributed by atoms with Gasteiger partial charge in [0.25, 0.3) is 0 Å². The molecule has 2 aliphatic rings. The third-order valence-corrected chi connectivity index (χ3v) is 8.78. The van der Waals surface area contributed by atoms with Crippen molar-refractivity contribution in [3.8, 4) is 45.8 Å². The van der Waals surface area contributed by atoms with Crippen molar-refractivity contribution in [1.82, 2.24) is 24.3 Å². The molecule has 0 spiro atoms. The molecule has 3 aromatic heterocycles. The Kier molecular flexibility index (Phi) is 6.99. The molecular weight excluding hydrogens is 651 g/mol. The number of phenols is 2. The van der Waals surface area contributed by atoms with Crippen LogP contribution in [0.5, 0.6) is 28.9 Å². The highest BCUT2D eigenvalue weighted by molar-refractivity contribution is 6.14. The zero-order chi connectivity index (χ0) is 35.2. The number of aryl methyl sites for hydroxylation is 1. The number of carbonyl (C=O) groups is 1. The number of Topliss-reactive ketones (excluding diaryl/α,β-unsaturated/α-hetero) is 1. The summed E-state index contributed by atoms with van der Waals surface area (Å²) in [6.07, 6.45) is -3.33. The second-order valence-electron chi connectivity index (χ2n) is 11.7. The van der Waals surface area contributed by atoms with Gasteiger partial charge in [-0.25, -0.2) is 14.5 Å². The molecule has 0 saturated carbocycles. The molecule has 5 aromatic rings. The van der Waals surface area contributed by atoms with Gasteiger partial charge in [-0.1, -0.05) is 0 Å². The SMILES string of the molecule is COCCn1c(=O)nc(O)c2ccc(-c3c(O)c(C)c(O)c4c3OC3=Cc5c(c(C)nn5-c5ccc(OC(F)(F)F)cc5)C(=O)[C@@]34C)nc21. The van der Waals surface area contributed by atoms with Gasteiger partial charge in [-0.05, 0) is 57.2 Å². The zero-order valence-corrected chi connectivity index (χ0v) is 26.2. The number of ether oxygens (including phenoxy) is 3. The Balaban J connectivity index is 1.40. The van der Waals surface area contributed by atoms with Crippen LogP contribution in [0.3, 0.4) is 0 Å². The number of rotatable bonds is 6. The van der Waals surface area contributed by atoms with E-state index < -0.39 is 40.6 Å². The molecule has 0 bridgehead atoms. The monoisotopic (exact) mass is 677 g/mol. The summed E-state index contributed by atoms with van der Waals surface area (Å²) < 4.78 is 56.1. The number of methoxy groups -OCH3 is 1. The van der Waals surface area contributed by atoms with Crippen molar-refractivity contribution < 1.29 is 47.5 Å². The average Bonchev–Trinajstić information content (AvgIpc) is 3.53. The Morgan fingerprint density at radius 1 is 0.980 bits per heavy atom. The van der Waals surface area contributed by atoms with Gasteiger partial charge in [-0.15, -0.1) is 13.2 Å². The van der Waals surface area contributed by atoms with E-state index in [4.69, 9.17) is 9.47 Å². The van der Waals surface area contributed by atoms with Crippen LogP contribution in [-0.2, 0) is 16.7 Å². The maximum absolute atomic E-state index is 14.5. The molecule has 0 amide bonds. The normalized spacial score (nSPS) is 16.6. The van der Waals surface area contributed by atoms with Gasteiger partial charge in [-0.2, -0.15) is 10.1 Å². The number of hydrogen-bond donors (Lipinski definition) is 3. The molecule has 49 heavy (non-hydrogen) atoms. The molecule has 252 valence electrons. The number of benzene rings is 2. The Bertz CT molecular complexity index is 2330. The quantitative estimate of drug-likeness (QED) is 0.225. The summed E-state index contributed by atoms with van der Waals surface area (Å²) in [6.45, 7) is 4.81. The van der Waals surface area contributed by atoms with Gasteiger partial charge >= 0.3 is 12.1 Å². The van der Waals surface area contributed by atoms with E-state index in [9.17, 15) is 38.1 Å². The fourth-order valence-corrected chi connectivity index (χ4v) is 6.34. The van der Waals surface area contributed by atoms with E-state index in [0.29, 0.717) is 11.4 Å². The Hall–Kier alpha value is -5.90. The van der Waals surface area contributed by atoms with E-state index in [1.165, 1.54) is 47.5 Å². The fraction of sp³-hybridized carbons (Fsp3) is 0.242. The lowest BCUT2D eigenvalue weighted by molar-refractivity contribution is -0.274. The molecule has 13 nitrogen and oxygen atoms in total. The van der Waals surface area contributed by atoms with Crippen molar-refractivity contribution in [1.29, 1.82) is 0 Å². The van der Waals surface area contributed by atoms with Crippen molar-refractivity contribution in [3.05, 3.63) is 80.7 Å². The number of alkyl halides is 3. The van der Waals surface area contributed by atoms with Crippen LogP contribution in [0.25, 0.3) is 34.1 Å². The summed E-state index contributed by atoms with van der Waals surface area (Å²) in [6, 6.07) is 7.87. The molecular formula is C33H26F3N5O8. The maximum atomic E-state index is 14.5. The minimum Gasteiger partial charge on any atom is -0.507 e. The molecule has 2 aromatic carbocycles. The first-order chi connectivity index (χ1) is 23.1. The molecule has 7 rings (SSSR count). The number of nitrogens with zero attached hydrogens (tertiary/aromatic N) is 5. The lowest BCUT2D eigenvalue weighted by atomic mass is 9.71. The van der Waals surface area contributed by atoms with E-state index >= 15 is 0 Å². The molecule has 1 aliphatic heterocycles. The zero-order valence-electron chi connectivity index (χ0n) is 26.2. The van der Waals surface area contributed by atoms with Gasteiger partial charge in [0.1, 0.15) is 39.8 Å². The first kappa shape index (κ1) is 31.7. The number of halogens is 3. The number of allylic oxidation sites excluding steroid dienone is 1. The summed E-state index contributed by atoms with van der Waals surface area (Å²) in [4.78, 5) is 35.4. The van der Waals surface area contributed by atoms with Gasteiger partial charge in [0.05, 0.1) is 58.0 Å². The number of phenolic OH excluding ortho intramolecular Hbond substituents is 2. The topological polar surface area (TPSA) is 171 Å². The Morgan fingerprint density at radius 3 is 2.37 bits per heavy atom.